The van der Waals surface area contributed by atoms with Crippen molar-refractivity contribution in [3.05, 3.63) is 239 Å². The summed E-state index contributed by atoms with van der Waals surface area (Å²) in [5, 5.41) is 7.40. The molecule has 0 spiro atoms. The van der Waals surface area contributed by atoms with Gasteiger partial charge in [-0.1, -0.05) is 217 Å². The Morgan fingerprint density at radius 3 is 1.64 bits per heavy atom. The molecule has 11 aromatic carbocycles. The summed E-state index contributed by atoms with van der Waals surface area (Å²) >= 11 is 0. The second kappa shape index (κ2) is 17.3. The normalized spacial score (nSPS) is 12.8. The maximum Gasteiger partial charge on any atom is 0.243 e. The van der Waals surface area contributed by atoms with Crippen LogP contribution in [0.2, 0.25) is 0 Å². The highest BCUT2D eigenvalue weighted by Crippen LogP contribution is 2.54. The van der Waals surface area contributed by atoms with Crippen molar-refractivity contribution in [3.63, 3.8) is 0 Å². The smallest absolute Gasteiger partial charge is 0.243 e. The first kappa shape index (κ1) is 46.0. The number of anilines is 3. The first-order chi connectivity index (χ1) is 34.9. The van der Waals surface area contributed by atoms with Gasteiger partial charge >= 0.3 is 0 Å². The monoisotopic (exact) mass is 941 g/mol. The SMILES string of the molecule is C.Cc1cc(C)c(B(c2c(C)cc(C)cc2C)c2cc3c4cccc5c4c(cc3c3ccccc23)-c2ccc(N(c3ccc4c(c3)C(C)(C)c3ccccc3-4)c3ccccc3-c3ccccc3)cc2O5)c(C)c1. The number of ether oxygens (including phenoxy) is 1. The quantitative estimate of drug-likeness (QED) is 0.117. The second-order valence-corrected chi connectivity index (χ2v) is 21.2. The van der Waals surface area contributed by atoms with Crippen LogP contribution < -0.4 is 26.0 Å². The van der Waals surface area contributed by atoms with Crippen molar-refractivity contribution in [3.8, 4) is 44.9 Å². The van der Waals surface area contributed by atoms with Gasteiger partial charge in [-0.05, 0) is 144 Å². The Labute approximate surface area is 431 Å². The number of para-hydroxylation sites is 1. The molecule has 0 unspecified atom stereocenters. The Balaban J connectivity index is 0.00000543. The molecule has 0 amide bonds. The Hall–Kier alpha value is -8.14. The van der Waals surface area contributed by atoms with E-state index in [1.165, 1.54) is 110 Å². The summed E-state index contributed by atoms with van der Waals surface area (Å²) in [6.45, 7) is 18.4. The second-order valence-electron chi connectivity index (χ2n) is 21.2. The van der Waals surface area contributed by atoms with Crippen LogP contribution in [0.25, 0.3) is 65.7 Å². The Morgan fingerprint density at radius 1 is 0.397 bits per heavy atom. The standard InChI is InChI=1S/C69H56BNO.CH4/c1-41-33-43(3)67(44(4)34-41)70(68-45(5)35-42(2)36-46(68)6)62-40-58-56-25-18-28-64-66(56)59(39-57(58)51-22-12-13-24-54(51)62)55-32-30-49(38-65(55)72-64)71(63-27-17-15-21-50(63)47-19-10-9-11-20-47)48-29-31-53-52-23-14-16-26-60(52)69(7,8)61(53)37-48;/h9-40H,1-8H3;1H4. The van der Waals surface area contributed by atoms with Gasteiger partial charge in [-0.3, -0.25) is 0 Å². The summed E-state index contributed by atoms with van der Waals surface area (Å²) < 4.78 is 7.19. The largest absolute Gasteiger partial charge is 0.456 e. The van der Waals surface area contributed by atoms with Gasteiger partial charge in [-0.25, -0.2) is 0 Å². The summed E-state index contributed by atoms with van der Waals surface area (Å²) in [5.74, 6) is 1.73. The van der Waals surface area contributed by atoms with E-state index in [0.29, 0.717) is 0 Å². The van der Waals surface area contributed by atoms with E-state index in [-0.39, 0.29) is 19.6 Å². The van der Waals surface area contributed by atoms with Crippen molar-refractivity contribution in [1.29, 1.82) is 0 Å². The van der Waals surface area contributed by atoms with Crippen LogP contribution in [0.4, 0.5) is 17.1 Å². The van der Waals surface area contributed by atoms with Crippen molar-refractivity contribution in [2.24, 2.45) is 0 Å². The highest BCUT2D eigenvalue weighted by Gasteiger charge is 2.37. The Morgan fingerprint density at radius 2 is 0.945 bits per heavy atom. The summed E-state index contributed by atoms with van der Waals surface area (Å²) in [6, 6.07) is 72.6. The van der Waals surface area contributed by atoms with Crippen LogP contribution in [0.3, 0.4) is 0 Å². The van der Waals surface area contributed by atoms with Gasteiger partial charge in [-0.15, -0.1) is 0 Å². The molecule has 1 aliphatic carbocycles. The Bertz CT molecular complexity index is 3970. The number of aryl methyl sites for hydroxylation is 6. The van der Waals surface area contributed by atoms with Crippen LogP contribution in [0.15, 0.2) is 194 Å². The third kappa shape index (κ3) is 7.15. The fraction of sp³-hybridized carbons (Fsp3) is 0.143. The van der Waals surface area contributed by atoms with Gasteiger partial charge in [0, 0.05) is 39.4 Å². The van der Waals surface area contributed by atoms with Crippen molar-refractivity contribution in [2.45, 2.75) is 68.2 Å². The zero-order valence-electron chi connectivity index (χ0n) is 42.4. The van der Waals surface area contributed by atoms with Gasteiger partial charge in [0.05, 0.1) is 5.69 Å². The van der Waals surface area contributed by atoms with Gasteiger partial charge in [0.15, 0.2) is 0 Å². The van der Waals surface area contributed by atoms with Gasteiger partial charge in [-0.2, -0.15) is 0 Å². The van der Waals surface area contributed by atoms with E-state index in [4.69, 9.17) is 4.74 Å². The lowest BCUT2D eigenvalue weighted by Crippen LogP contribution is -2.56. The molecule has 0 saturated carbocycles. The molecule has 3 heteroatoms. The maximum absolute atomic E-state index is 7.19. The molecule has 0 radical (unpaired) electrons. The van der Waals surface area contributed by atoms with E-state index in [0.717, 1.165) is 45.1 Å². The minimum atomic E-state index is -0.153. The third-order valence-corrected chi connectivity index (χ3v) is 16.1. The summed E-state index contributed by atoms with van der Waals surface area (Å²) in [6.07, 6.45) is 0. The molecule has 354 valence electrons. The van der Waals surface area contributed by atoms with E-state index in [1.807, 2.05) is 0 Å². The number of hydrogen-bond acceptors (Lipinski definition) is 2. The van der Waals surface area contributed by atoms with Crippen LogP contribution >= 0.6 is 0 Å². The third-order valence-electron chi connectivity index (χ3n) is 16.1. The number of rotatable bonds is 7. The van der Waals surface area contributed by atoms with Gasteiger partial charge in [0.2, 0.25) is 6.71 Å². The van der Waals surface area contributed by atoms with E-state index >= 15 is 0 Å². The number of fused-ring (bicyclic) bond motifs is 9. The minimum absolute atomic E-state index is 0. The molecule has 13 rings (SSSR count). The number of nitrogens with zero attached hydrogens (tertiary/aromatic N) is 1. The summed E-state index contributed by atoms with van der Waals surface area (Å²) in [7, 11) is 0. The summed E-state index contributed by atoms with van der Waals surface area (Å²) in [5.41, 5.74) is 25.1. The van der Waals surface area contributed by atoms with Crippen molar-refractivity contribution in [2.75, 3.05) is 4.90 Å². The maximum atomic E-state index is 7.19. The molecular weight excluding hydrogens is 882 g/mol. The van der Waals surface area contributed by atoms with Crippen molar-refractivity contribution in [1.82, 2.24) is 0 Å². The summed E-state index contributed by atoms with van der Waals surface area (Å²) in [4.78, 5) is 2.43. The lowest BCUT2D eigenvalue weighted by Gasteiger charge is -2.31. The van der Waals surface area contributed by atoms with Gasteiger partial charge in [0.1, 0.15) is 11.5 Å². The van der Waals surface area contributed by atoms with Crippen LogP contribution in [0.5, 0.6) is 11.5 Å². The van der Waals surface area contributed by atoms with Crippen LogP contribution in [0.1, 0.15) is 65.8 Å². The lowest BCUT2D eigenvalue weighted by atomic mass is 9.33. The van der Waals surface area contributed by atoms with Crippen molar-refractivity contribution < 1.29 is 4.74 Å². The zero-order valence-corrected chi connectivity index (χ0v) is 42.4. The number of hydrogen-bond donors (Lipinski definition) is 0. The van der Waals surface area contributed by atoms with Crippen LogP contribution in [-0.4, -0.2) is 6.71 Å². The number of benzene rings is 11. The lowest BCUT2D eigenvalue weighted by molar-refractivity contribution is 0.487. The molecule has 2 nitrogen and oxygen atoms in total. The molecule has 0 saturated heterocycles. The molecule has 0 fully saturated rings. The minimum Gasteiger partial charge on any atom is -0.456 e. The Kier molecular flexibility index (Phi) is 10.9. The van der Waals surface area contributed by atoms with E-state index < -0.39 is 0 Å². The predicted molar refractivity (Wildman–Crippen MR) is 315 cm³/mol. The predicted octanol–water partition coefficient (Wildman–Crippen LogP) is 17.4. The van der Waals surface area contributed by atoms with E-state index in [1.54, 1.807) is 0 Å². The molecule has 11 aromatic rings. The molecular formula is C70H60BNO. The molecule has 0 bridgehead atoms. The average Bonchev–Trinajstić information content (AvgIpc) is 3.60. The molecule has 2 aliphatic rings. The van der Waals surface area contributed by atoms with Crippen molar-refractivity contribution >= 4 is 72.5 Å². The van der Waals surface area contributed by atoms with Crippen LogP contribution in [0, 0.1) is 41.5 Å². The fourth-order valence-corrected chi connectivity index (χ4v) is 13.2. The zero-order chi connectivity index (χ0) is 49.2. The highest BCUT2D eigenvalue weighted by molar-refractivity contribution is 6.98. The topological polar surface area (TPSA) is 12.5 Å². The van der Waals surface area contributed by atoms with Gasteiger partial charge in [0.25, 0.3) is 0 Å². The van der Waals surface area contributed by atoms with E-state index in [9.17, 15) is 0 Å². The molecule has 73 heavy (non-hydrogen) atoms. The molecule has 0 atom stereocenters. The molecule has 1 aliphatic heterocycles. The molecule has 0 aromatic heterocycles. The van der Waals surface area contributed by atoms with E-state index in [2.05, 4.69) is 254 Å². The first-order valence-corrected chi connectivity index (χ1v) is 25.5. The highest BCUT2D eigenvalue weighted by atomic mass is 16.5. The molecule has 0 N–H and O–H groups in total. The first-order valence-electron chi connectivity index (χ1n) is 25.5. The average molecular weight is 942 g/mol. The van der Waals surface area contributed by atoms with Crippen LogP contribution in [-0.2, 0) is 5.41 Å². The van der Waals surface area contributed by atoms with Gasteiger partial charge < -0.3 is 9.64 Å². The fourth-order valence-electron chi connectivity index (χ4n) is 13.2. The molecule has 1 heterocycles.